The molecule has 0 aliphatic carbocycles. The van der Waals surface area contributed by atoms with Crippen LogP contribution in [0.2, 0.25) is 0 Å². The number of fused-ring (bicyclic) bond motifs is 1. The van der Waals surface area contributed by atoms with E-state index in [1.165, 1.54) is 42.5 Å². The van der Waals surface area contributed by atoms with E-state index in [1.807, 2.05) is 0 Å². The van der Waals surface area contributed by atoms with Crippen LogP contribution >= 0.6 is 0 Å². The highest BCUT2D eigenvalue weighted by Crippen LogP contribution is 2.33. The normalized spacial score (nSPS) is 11.4. The number of unbranched alkanes of at least 4 members (excludes halogenated alkanes) is 4. The summed E-state index contributed by atoms with van der Waals surface area (Å²) in [5.74, 6) is -4.03. The van der Waals surface area contributed by atoms with Gasteiger partial charge in [0.2, 0.25) is 0 Å². The van der Waals surface area contributed by atoms with Gasteiger partial charge >= 0.3 is 0 Å². The summed E-state index contributed by atoms with van der Waals surface area (Å²) in [5, 5.41) is 0.512. The third-order valence-corrected chi connectivity index (χ3v) is 6.15. The van der Waals surface area contributed by atoms with Gasteiger partial charge in [-0.3, -0.25) is 0 Å². The van der Waals surface area contributed by atoms with Gasteiger partial charge < -0.3 is 0 Å². The van der Waals surface area contributed by atoms with E-state index < -0.39 is 29.1 Å². The molecule has 0 nitrogen and oxygen atoms in total. The summed E-state index contributed by atoms with van der Waals surface area (Å²) in [6, 6.07) is 13.5. The Bertz CT molecular complexity index is 1300. The molecule has 0 aliphatic heterocycles. The first-order chi connectivity index (χ1) is 16.4. The van der Waals surface area contributed by atoms with Crippen LogP contribution in [0, 0.1) is 29.1 Å². The van der Waals surface area contributed by atoms with Crippen molar-refractivity contribution in [1.29, 1.82) is 0 Å². The standard InChI is InChI=1S/C29H25F5/c1-2-3-4-5-6-7-18-14-26(32)28(27(33)15-18)21-9-11-22(25(31)17-21)19-8-12-23-20(16-19)10-13-24(30)29(23)34/h8-17H,2-7H2,1H3. The topological polar surface area (TPSA) is 0 Å². The van der Waals surface area contributed by atoms with Crippen LogP contribution in [0.25, 0.3) is 33.0 Å². The van der Waals surface area contributed by atoms with Crippen LogP contribution < -0.4 is 0 Å². The minimum absolute atomic E-state index is 0.0929. The summed E-state index contributed by atoms with van der Waals surface area (Å²) in [7, 11) is 0. The van der Waals surface area contributed by atoms with Gasteiger partial charge in [-0.25, -0.2) is 22.0 Å². The Balaban J connectivity index is 1.60. The summed E-state index contributed by atoms with van der Waals surface area (Å²) in [4.78, 5) is 0. The average Bonchev–Trinajstić information content (AvgIpc) is 2.81. The number of rotatable bonds is 8. The van der Waals surface area contributed by atoms with Gasteiger partial charge in [-0.15, -0.1) is 0 Å². The molecule has 0 aromatic heterocycles. The molecular formula is C29H25F5. The minimum atomic E-state index is -0.963. The number of hydrogen-bond acceptors (Lipinski definition) is 0. The van der Waals surface area contributed by atoms with E-state index in [-0.39, 0.29) is 22.1 Å². The molecule has 0 heterocycles. The zero-order valence-corrected chi connectivity index (χ0v) is 18.9. The van der Waals surface area contributed by atoms with Crippen LogP contribution in [0.3, 0.4) is 0 Å². The summed E-state index contributed by atoms with van der Waals surface area (Å²) in [5.41, 5.74) is 1.06. The van der Waals surface area contributed by atoms with Crippen molar-refractivity contribution in [2.75, 3.05) is 0 Å². The second-order valence-electron chi connectivity index (χ2n) is 8.59. The molecule has 4 rings (SSSR count). The zero-order chi connectivity index (χ0) is 24.2. The molecule has 0 saturated carbocycles. The number of hydrogen-bond donors (Lipinski definition) is 0. The van der Waals surface area contributed by atoms with E-state index in [0.29, 0.717) is 22.9 Å². The van der Waals surface area contributed by atoms with Crippen LogP contribution in [0.4, 0.5) is 22.0 Å². The molecule has 0 radical (unpaired) electrons. The Morgan fingerprint density at radius 3 is 2.00 bits per heavy atom. The fourth-order valence-corrected chi connectivity index (χ4v) is 4.32. The van der Waals surface area contributed by atoms with Gasteiger partial charge in [-0.2, -0.15) is 0 Å². The van der Waals surface area contributed by atoms with Gasteiger partial charge in [0.1, 0.15) is 17.5 Å². The van der Waals surface area contributed by atoms with Gasteiger partial charge in [0.25, 0.3) is 0 Å². The summed E-state index contributed by atoms with van der Waals surface area (Å²) >= 11 is 0. The lowest BCUT2D eigenvalue weighted by atomic mass is 9.96. The van der Waals surface area contributed by atoms with Crippen molar-refractivity contribution in [1.82, 2.24) is 0 Å². The molecule has 0 fully saturated rings. The van der Waals surface area contributed by atoms with Crippen molar-refractivity contribution in [3.05, 3.63) is 95.3 Å². The highest BCUT2D eigenvalue weighted by molar-refractivity contribution is 5.88. The minimum Gasteiger partial charge on any atom is -0.206 e. The highest BCUT2D eigenvalue weighted by Gasteiger charge is 2.16. The molecule has 34 heavy (non-hydrogen) atoms. The van der Waals surface area contributed by atoms with Crippen molar-refractivity contribution in [2.45, 2.75) is 45.4 Å². The van der Waals surface area contributed by atoms with Gasteiger partial charge in [-0.1, -0.05) is 62.9 Å². The van der Waals surface area contributed by atoms with Gasteiger partial charge in [-0.05, 0) is 65.3 Å². The molecule has 5 heteroatoms. The Labute approximate surface area is 196 Å². The molecule has 0 amide bonds. The molecular weight excluding hydrogens is 443 g/mol. The second kappa shape index (κ2) is 10.4. The Morgan fingerprint density at radius 2 is 1.29 bits per heavy atom. The maximum atomic E-state index is 15.0. The van der Waals surface area contributed by atoms with E-state index in [0.717, 1.165) is 44.2 Å². The molecule has 0 saturated heterocycles. The van der Waals surface area contributed by atoms with E-state index in [2.05, 4.69) is 6.92 Å². The molecule has 0 bridgehead atoms. The van der Waals surface area contributed by atoms with Crippen LogP contribution in [-0.4, -0.2) is 0 Å². The molecule has 0 aliphatic rings. The molecule has 4 aromatic carbocycles. The van der Waals surface area contributed by atoms with E-state index in [4.69, 9.17) is 0 Å². The summed E-state index contributed by atoms with van der Waals surface area (Å²) in [6.45, 7) is 2.13. The summed E-state index contributed by atoms with van der Waals surface area (Å²) in [6.07, 6.45) is 5.86. The number of aryl methyl sites for hydroxylation is 1. The Hall–Kier alpha value is -3.21. The van der Waals surface area contributed by atoms with E-state index >= 15 is 0 Å². The van der Waals surface area contributed by atoms with E-state index in [1.54, 1.807) is 6.07 Å². The quantitative estimate of drug-likeness (QED) is 0.178. The van der Waals surface area contributed by atoms with Gasteiger partial charge in [0.15, 0.2) is 11.6 Å². The fourth-order valence-electron chi connectivity index (χ4n) is 4.32. The number of benzene rings is 4. The molecule has 0 atom stereocenters. The van der Waals surface area contributed by atoms with Crippen molar-refractivity contribution < 1.29 is 22.0 Å². The third-order valence-electron chi connectivity index (χ3n) is 6.15. The molecule has 0 spiro atoms. The lowest BCUT2D eigenvalue weighted by Gasteiger charge is -2.11. The maximum absolute atomic E-state index is 15.0. The van der Waals surface area contributed by atoms with Crippen LogP contribution in [0.5, 0.6) is 0 Å². The summed E-state index contributed by atoms with van der Waals surface area (Å²) < 4.78 is 72.0. The predicted octanol–water partition coefficient (Wildman–Crippen LogP) is 9.38. The molecule has 4 aromatic rings. The van der Waals surface area contributed by atoms with Gasteiger partial charge in [0, 0.05) is 10.9 Å². The van der Waals surface area contributed by atoms with Crippen LogP contribution in [0.15, 0.2) is 60.7 Å². The fraction of sp³-hybridized carbons (Fsp3) is 0.241. The Morgan fingerprint density at radius 1 is 0.588 bits per heavy atom. The van der Waals surface area contributed by atoms with Crippen molar-refractivity contribution in [3.8, 4) is 22.3 Å². The Kier molecular flexibility index (Phi) is 7.30. The molecule has 0 N–H and O–H groups in total. The first-order valence-electron chi connectivity index (χ1n) is 11.5. The smallest absolute Gasteiger partial charge is 0.166 e. The lowest BCUT2D eigenvalue weighted by Crippen LogP contribution is -1.96. The zero-order valence-electron chi connectivity index (χ0n) is 18.9. The van der Waals surface area contributed by atoms with Crippen LogP contribution in [-0.2, 0) is 6.42 Å². The largest absolute Gasteiger partial charge is 0.206 e. The second-order valence-corrected chi connectivity index (χ2v) is 8.59. The molecule has 176 valence electrons. The third kappa shape index (κ3) is 4.98. The SMILES string of the molecule is CCCCCCCc1cc(F)c(-c2ccc(-c3ccc4c(F)c(F)ccc4c3)c(F)c2)c(F)c1. The highest BCUT2D eigenvalue weighted by atomic mass is 19.2. The van der Waals surface area contributed by atoms with Crippen LogP contribution in [0.1, 0.15) is 44.6 Å². The first-order valence-corrected chi connectivity index (χ1v) is 11.5. The van der Waals surface area contributed by atoms with Crippen molar-refractivity contribution >= 4 is 10.8 Å². The van der Waals surface area contributed by atoms with Crippen molar-refractivity contribution in [3.63, 3.8) is 0 Å². The monoisotopic (exact) mass is 468 g/mol. The maximum Gasteiger partial charge on any atom is 0.166 e. The molecule has 0 unspecified atom stereocenters. The van der Waals surface area contributed by atoms with E-state index in [9.17, 15) is 22.0 Å². The average molecular weight is 469 g/mol. The number of halogens is 5. The lowest BCUT2D eigenvalue weighted by molar-refractivity contribution is 0.517. The van der Waals surface area contributed by atoms with Gasteiger partial charge in [0.05, 0.1) is 5.56 Å². The first kappa shape index (κ1) is 23.9. The van der Waals surface area contributed by atoms with Crippen molar-refractivity contribution in [2.24, 2.45) is 0 Å². The predicted molar refractivity (Wildman–Crippen MR) is 127 cm³/mol.